The Balaban J connectivity index is 2.03. The molecule has 1 aliphatic carbocycles. The molecule has 0 radical (unpaired) electrons. The van der Waals surface area contributed by atoms with E-state index in [-0.39, 0.29) is 0 Å². The van der Waals surface area contributed by atoms with Crippen LogP contribution in [0.3, 0.4) is 0 Å². The van der Waals surface area contributed by atoms with E-state index in [1.807, 2.05) is 0 Å². The molecule has 1 aliphatic rings. The van der Waals surface area contributed by atoms with Crippen LogP contribution in [0.1, 0.15) is 32.6 Å². The number of carboxylic acids is 1. The fourth-order valence-electron chi connectivity index (χ4n) is 2.41. The summed E-state index contributed by atoms with van der Waals surface area (Å²) in [6.07, 6.45) is 3.35. The van der Waals surface area contributed by atoms with Crippen LogP contribution in [0.4, 0.5) is 5.95 Å². The molecule has 7 heteroatoms. The number of anilines is 1. The third-order valence-electron chi connectivity index (χ3n) is 3.89. The van der Waals surface area contributed by atoms with Crippen LogP contribution in [-0.2, 0) is 11.8 Å². The van der Waals surface area contributed by atoms with Gasteiger partial charge in [0.05, 0.1) is 5.41 Å². The number of aromatic nitrogens is 4. The van der Waals surface area contributed by atoms with Gasteiger partial charge in [0.15, 0.2) is 0 Å². The van der Waals surface area contributed by atoms with E-state index >= 15 is 0 Å². The van der Waals surface area contributed by atoms with Gasteiger partial charge in [-0.2, -0.15) is 0 Å². The van der Waals surface area contributed by atoms with Crippen LogP contribution < -0.4 is 5.32 Å². The van der Waals surface area contributed by atoms with Crippen molar-refractivity contribution in [3.8, 4) is 0 Å². The fraction of sp³-hybridized carbons (Fsp3) is 0.818. The Morgan fingerprint density at radius 1 is 1.56 bits per heavy atom. The maximum atomic E-state index is 11.5. The van der Waals surface area contributed by atoms with Crippen molar-refractivity contribution in [3.63, 3.8) is 0 Å². The minimum absolute atomic E-state index is 0.378. The van der Waals surface area contributed by atoms with Gasteiger partial charge < -0.3 is 10.4 Å². The van der Waals surface area contributed by atoms with Gasteiger partial charge in [0.25, 0.3) is 0 Å². The number of aliphatic carboxylic acids is 1. The lowest BCUT2D eigenvalue weighted by atomic mass is 9.71. The average molecular weight is 253 g/mol. The predicted molar refractivity (Wildman–Crippen MR) is 65.0 cm³/mol. The van der Waals surface area contributed by atoms with E-state index in [9.17, 15) is 9.90 Å². The van der Waals surface area contributed by atoms with Gasteiger partial charge in [-0.05, 0) is 42.0 Å². The summed E-state index contributed by atoms with van der Waals surface area (Å²) < 4.78 is 1.50. The highest BCUT2D eigenvalue weighted by atomic mass is 16.4. The second-order valence-corrected chi connectivity index (χ2v) is 5.25. The molecule has 1 saturated carbocycles. The van der Waals surface area contributed by atoms with Crippen molar-refractivity contribution in [1.29, 1.82) is 0 Å². The molecule has 18 heavy (non-hydrogen) atoms. The molecule has 1 aromatic heterocycles. The standard InChI is InChI=1S/C11H19N5O2/c1-8-3-5-11(6-4-8,9(17)18)7-12-10-13-14-15-16(10)2/h8H,3-7H2,1-2H3,(H,17,18)(H,12,13,15). The van der Waals surface area contributed by atoms with Crippen molar-refractivity contribution in [2.45, 2.75) is 32.6 Å². The lowest BCUT2D eigenvalue weighted by Crippen LogP contribution is -2.41. The lowest BCUT2D eigenvalue weighted by molar-refractivity contribution is -0.150. The van der Waals surface area contributed by atoms with Gasteiger partial charge in [0.2, 0.25) is 5.95 Å². The van der Waals surface area contributed by atoms with Crippen LogP contribution >= 0.6 is 0 Å². The van der Waals surface area contributed by atoms with Crippen LogP contribution in [0.25, 0.3) is 0 Å². The summed E-state index contributed by atoms with van der Waals surface area (Å²) in [5.41, 5.74) is -0.682. The zero-order chi connectivity index (χ0) is 13.2. The zero-order valence-corrected chi connectivity index (χ0v) is 10.8. The summed E-state index contributed by atoms with van der Waals surface area (Å²) in [6, 6.07) is 0. The van der Waals surface area contributed by atoms with Crippen LogP contribution in [0.2, 0.25) is 0 Å². The Bertz CT molecular complexity index is 423. The lowest BCUT2D eigenvalue weighted by Gasteiger charge is -2.35. The van der Waals surface area contributed by atoms with Crippen molar-refractivity contribution >= 4 is 11.9 Å². The van der Waals surface area contributed by atoms with E-state index < -0.39 is 11.4 Å². The van der Waals surface area contributed by atoms with Crippen LogP contribution in [-0.4, -0.2) is 37.8 Å². The first kappa shape index (κ1) is 12.8. The molecule has 0 aliphatic heterocycles. The molecule has 0 saturated heterocycles. The Labute approximate surface area is 106 Å². The molecule has 0 bridgehead atoms. The Hall–Kier alpha value is -1.66. The Kier molecular flexibility index (Phi) is 3.49. The number of aryl methyl sites for hydroxylation is 1. The number of nitrogens with zero attached hydrogens (tertiary/aromatic N) is 4. The zero-order valence-electron chi connectivity index (χ0n) is 10.8. The van der Waals surface area contributed by atoms with E-state index in [4.69, 9.17) is 0 Å². The quantitative estimate of drug-likeness (QED) is 0.828. The molecule has 2 rings (SSSR count). The van der Waals surface area contributed by atoms with Crippen molar-refractivity contribution in [3.05, 3.63) is 0 Å². The first-order valence-corrected chi connectivity index (χ1v) is 6.23. The molecule has 100 valence electrons. The highest BCUT2D eigenvalue weighted by Gasteiger charge is 2.41. The van der Waals surface area contributed by atoms with Gasteiger partial charge >= 0.3 is 5.97 Å². The molecule has 0 spiro atoms. The van der Waals surface area contributed by atoms with Gasteiger partial charge in [-0.15, -0.1) is 0 Å². The summed E-state index contributed by atoms with van der Waals surface area (Å²) in [5, 5.41) is 23.5. The maximum Gasteiger partial charge on any atom is 0.311 e. The number of carboxylic acid groups (broad SMARTS) is 1. The summed E-state index contributed by atoms with van der Waals surface area (Å²) in [4.78, 5) is 11.5. The third kappa shape index (κ3) is 2.44. The monoisotopic (exact) mass is 253 g/mol. The summed E-state index contributed by atoms with van der Waals surface area (Å²) in [5.74, 6) is 0.403. The van der Waals surface area contributed by atoms with Crippen molar-refractivity contribution in [2.24, 2.45) is 18.4 Å². The molecule has 0 unspecified atom stereocenters. The molecule has 7 nitrogen and oxygen atoms in total. The minimum Gasteiger partial charge on any atom is -0.481 e. The van der Waals surface area contributed by atoms with Crippen molar-refractivity contribution in [1.82, 2.24) is 20.2 Å². The molecule has 1 aromatic rings. The van der Waals surface area contributed by atoms with E-state index in [1.165, 1.54) is 4.68 Å². The van der Waals surface area contributed by atoms with E-state index in [2.05, 4.69) is 27.8 Å². The number of hydrogen-bond acceptors (Lipinski definition) is 5. The summed E-state index contributed by atoms with van der Waals surface area (Å²) >= 11 is 0. The molecule has 1 heterocycles. The van der Waals surface area contributed by atoms with Crippen LogP contribution in [0, 0.1) is 11.3 Å². The molecule has 0 atom stereocenters. The number of tetrazole rings is 1. The van der Waals surface area contributed by atoms with Gasteiger partial charge in [0.1, 0.15) is 0 Å². The maximum absolute atomic E-state index is 11.5. The normalized spacial score (nSPS) is 28.0. The molecule has 2 N–H and O–H groups in total. The highest BCUT2D eigenvalue weighted by Crippen LogP contribution is 2.39. The average Bonchev–Trinajstić information content (AvgIpc) is 2.74. The fourth-order valence-corrected chi connectivity index (χ4v) is 2.41. The first-order valence-electron chi connectivity index (χ1n) is 6.23. The van der Waals surface area contributed by atoms with E-state index in [0.29, 0.717) is 31.3 Å². The minimum atomic E-state index is -0.725. The molecule has 0 aromatic carbocycles. The highest BCUT2D eigenvalue weighted by molar-refractivity contribution is 5.75. The summed E-state index contributed by atoms with van der Waals surface area (Å²) in [6.45, 7) is 2.55. The van der Waals surface area contributed by atoms with Gasteiger partial charge in [-0.1, -0.05) is 12.0 Å². The SMILES string of the molecule is CC1CCC(CNc2nnnn2C)(C(=O)O)CC1. The van der Waals surface area contributed by atoms with E-state index in [1.54, 1.807) is 7.05 Å². The smallest absolute Gasteiger partial charge is 0.311 e. The van der Waals surface area contributed by atoms with Crippen LogP contribution in [0.5, 0.6) is 0 Å². The number of carbonyl (C=O) groups is 1. The predicted octanol–water partition coefficient (Wildman–Crippen LogP) is 0.903. The second-order valence-electron chi connectivity index (χ2n) is 5.25. The van der Waals surface area contributed by atoms with E-state index in [0.717, 1.165) is 12.8 Å². The number of rotatable bonds is 4. The molecule has 1 fully saturated rings. The van der Waals surface area contributed by atoms with Gasteiger partial charge in [0, 0.05) is 13.6 Å². The second kappa shape index (κ2) is 4.91. The number of nitrogens with one attached hydrogen (secondary N) is 1. The molecule has 0 amide bonds. The molecular weight excluding hydrogens is 234 g/mol. The van der Waals surface area contributed by atoms with Crippen molar-refractivity contribution < 1.29 is 9.90 Å². The molecular formula is C11H19N5O2. The topological polar surface area (TPSA) is 92.9 Å². The van der Waals surface area contributed by atoms with Crippen molar-refractivity contribution in [2.75, 3.05) is 11.9 Å². The van der Waals surface area contributed by atoms with Gasteiger partial charge in [-0.25, -0.2) is 4.68 Å². The van der Waals surface area contributed by atoms with Crippen LogP contribution in [0.15, 0.2) is 0 Å². The number of hydrogen-bond donors (Lipinski definition) is 2. The Morgan fingerprint density at radius 2 is 2.22 bits per heavy atom. The first-order chi connectivity index (χ1) is 8.53. The summed E-state index contributed by atoms with van der Waals surface area (Å²) in [7, 11) is 1.72. The third-order valence-corrected chi connectivity index (χ3v) is 3.89. The largest absolute Gasteiger partial charge is 0.481 e. The Morgan fingerprint density at radius 3 is 2.72 bits per heavy atom. The van der Waals surface area contributed by atoms with Gasteiger partial charge in [-0.3, -0.25) is 4.79 Å².